The van der Waals surface area contributed by atoms with Crippen LogP contribution in [0.1, 0.15) is 35.9 Å². The molecule has 0 spiro atoms. The molecule has 0 aliphatic carbocycles. The molecule has 0 atom stereocenters. The summed E-state index contributed by atoms with van der Waals surface area (Å²) in [7, 11) is 0. The van der Waals surface area contributed by atoms with Crippen molar-refractivity contribution in [3.05, 3.63) is 41.7 Å². The van der Waals surface area contributed by atoms with Gasteiger partial charge in [0.15, 0.2) is 5.69 Å². The minimum Gasteiger partial charge on any atom is -0.488 e. The molecule has 2 heterocycles. The third-order valence-corrected chi connectivity index (χ3v) is 3.61. The van der Waals surface area contributed by atoms with Crippen LogP contribution in [0, 0.1) is 0 Å². The number of carbonyl (C=O) groups excluding carboxylic acids is 1. The van der Waals surface area contributed by atoms with Gasteiger partial charge >= 0.3 is 0 Å². The molecule has 6 nitrogen and oxygen atoms in total. The van der Waals surface area contributed by atoms with Crippen LogP contribution < -0.4 is 15.4 Å². The highest BCUT2D eigenvalue weighted by molar-refractivity contribution is 6.02. The van der Waals surface area contributed by atoms with E-state index in [0.29, 0.717) is 11.6 Å². The van der Waals surface area contributed by atoms with Crippen LogP contribution in [0.4, 0.5) is 5.69 Å². The summed E-state index contributed by atoms with van der Waals surface area (Å²) in [5, 5.41) is 12.9. The Balaban J connectivity index is 1.60. The van der Waals surface area contributed by atoms with Crippen LogP contribution in [-0.2, 0) is 0 Å². The zero-order chi connectivity index (χ0) is 15.5. The lowest BCUT2D eigenvalue weighted by Gasteiger charge is -2.27. The summed E-state index contributed by atoms with van der Waals surface area (Å²) in [5.74, 6) is 0.901. The van der Waals surface area contributed by atoms with Crippen molar-refractivity contribution in [3.63, 3.8) is 0 Å². The highest BCUT2D eigenvalue weighted by Gasteiger charge is 2.18. The molecule has 1 aromatic heterocycles. The number of ether oxygens (including phenoxy) is 1. The first-order valence-electron chi connectivity index (χ1n) is 7.46. The average molecular weight is 300 g/mol. The van der Waals surface area contributed by atoms with Crippen molar-refractivity contribution in [1.29, 1.82) is 0 Å². The molecular formula is C16H20N4O2. The molecule has 3 N–H and O–H groups in total. The lowest BCUT2D eigenvalue weighted by molar-refractivity contribution is 0.102. The molecule has 1 saturated heterocycles. The largest absolute Gasteiger partial charge is 0.488 e. The second-order valence-electron chi connectivity index (χ2n) is 5.74. The first kappa shape index (κ1) is 14.6. The van der Waals surface area contributed by atoms with E-state index in [1.165, 1.54) is 0 Å². The first-order chi connectivity index (χ1) is 10.6. The van der Waals surface area contributed by atoms with Gasteiger partial charge in [-0.2, -0.15) is 5.10 Å². The fraction of sp³-hybridized carbons (Fsp3) is 0.375. The molecule has 0 radical (unpaired) electrons. The molecule has 0 saturated carbocycles. The Morgan fingerprint density at radius 2 is 2.05 bits per heavy atom. The molecule has 116 valence electrons. The van der Waals surface area contributed by atoms with Gasteiger partial charge in [-0.15, -0.1) is 0 Å². The molecule has 22 heavy (non-hydrogen) atoms. The topological polar surface area (TPSA) is 79.0 Å². The Hall–Kier alpha value is -2.34. The van der Waals surface area contributed by atoms with Gasteiger partial charge in [0.25, 0.3) is 5.91 Å². The molecule has 3 rings (SSSR count). The smallest absolute Gasteiger partial charge is 0.276 e. The van der Waals surface area contributed by atoms with E-state index >= 15 is 0 Å². The van der Waals surface area contributed by atoms with Crippen LogP contribution in [0.3, 0.4) is 0 Å². The van der Waals surface area contributed by atoms with Gasteiger partial charge in [-0.1, -0.05) is 13.8 Å². The summed E-state index contributed by atoms with van der Waals surface area (Å²) in [6.45, 7) is 5.86. The van der Waals surface area contributed by atoms with Crippen molar-refractivity contribution in [3.8, 4) is 5.75 Å². The molecule has 2 aromatic rings. The van der Waals surface area contributed by atoms with Crippen molar-refractivity contribution in [2.45, 2.75) is 25.9 Å². The van der Waals surface area contributed by atoms with E-state index in [-0.39, 0.29) is 12.0 Å². The van der Waals surface area contributed by atoms with Gasteiger partial charge in [0.1, 0.15) is 11.9 Å². The van der Waals surface area contributed by atoms with E-state index in [2.05, 4.69) is 20.8 Å². The van der Waals surface area contributed by atoms with Crippen molar-refractivity contribution in [1.82, 2.24) is 15.5 Å². The number of aromatic amines is 1. The summed E-state index contributed by atoms with van der Waals surface area (Å²) < 4.78 is 5.73. The number of amides is 1. The minimum absolute atomic E-state index is 0.222. The maximum atomic E-state index is 12.1. The predicted molar refractivity (Wildman–Crippen MR) is 84.4 cm³/mol. The molecule has 0 bridgehead atoms. The van der Waals surface area contributed by atoms with Crippen LogP contribution in [-0.4, -0.2) is 35.3 Å². The van der Waals surface area contributed by atoms with Gasteiger partial charge in [-0.05, 0) is 36.2 Å². The zero-order valence-corrected chi connectivity index (χ0v) is 12.7. The molecule has 1 amide bonds. The Morgan fingerprint density at radius 3 is 2.59 bits per heavy atom. The van der Waals surface area contributed by atoms with Gasteiger partial charge < -0.3 is 15.4 Å². The van der Waals surface area contributed by atoms with Gasteiger partial charge in [-0.25, -0.2) is 0 Å². The standard InChI is InChI=1S/C16H20N4O2/c1-10(2)14-7-15(20-19-14)16(21)18-11-3-5-12(6-4-11)22-13-8-17-9-13/h3-7,10,13,17H,8-9H2,1-2H3,(H,18,21)(H,19,20). The molecule has 6 heteroatoms. The third kappa shape index (κ3) is 3.28. The molecule has 1 fully saturated rings. The Bertz CT molecular complexity index is 644. The fourth-order valence-corrected chi connectivity index (χ4v) is 2.10. The highest BCUT2D eigenvalue weighted by Crippen LogP contribution is 2.19. The van der Waals surface area contributed by atoms with Crippen molar-refractivity contribution >= 4 is 11.6 Å². The maximum Gasteiger partial charge on any atom is 0.276 e. The number of carbonyl (C=O) groups is 1. The predicted octanol–water partition coefficient (Wildman–Crippen LogP) is 2.14. The third-order valence-electron chi connectivity index (χ3n) is 3.61. The molecule has 0 unspecified atom stereocenters. The molecule has 1 aliphatic rings. The van der Waals surface area contributed by atoms with E-state index in [1.807, 2.05) is 38.1 Å². The van der Waals surface area contributed by atoms with Crippen LogP contribution in [0.5, 0.6) is 5.75 Å². The summed E-state index contributed by atoms with van der Waals surface area (Å²) in [6, 6.07) is 9.15. The van der Waals surface area contributed by atoms with Gasteiger partial charge in [0.05, 0.1) is 0 Å². The molecular weight excluding hydrogens is 280 g/mol. The second-order valence-corrected chi connectivity index (χ2v) is 5.74. The Morgan fingerprint density at radius 1 is 1.32 bits per heavy atom. The van der Waals surface area contributed by atoms with E-state index in [4.69, 9.17) is 4.74 Å². The number of H-pyrrole nitrogens is 1. The van der Waals surface area contributed by atoms with Gasteiger partial charge in [0, 0.05) is 24.5 Å². The van der Waals surface area contributed by atoms with Gasteiger partial charge in [0.2, 0.25) is 0 Å². The van der Waals surface area contributed by atoms with E-state index in [1.54, 1.807) is 6.07 Å². The highest BCUT2D eigenvalue weighted by atomic mass is 16.5. The van der Waals surface area contributed by atoms with Crippen molar-refractivity contribution in [2.24, 2.45) is 0 Å². The van der Waals surface area contributed by atoms with Gasteiger partial charge in [-0.3, -0.25) is 9.89 Å². The van der Waals surface area contributed by atoms with Crippen molar-refractivity contribution in [2.75, 3.05) is 18.4 Å². The quantitative estimate of drug-likeness (QED) is 0.790. The summed E-state index contributed by atoms with van der Waals surface area (Å²) in [4.78, 5) is 12.1. The van der Waals surface area contributed by atoms with Crippen LogP contribution in [0.25, 0.3) is 0 Å². The normalized spacial score (nSPS) is 14.7. The van der Waals surface area contributed by atoms with Crippen molar-refractivity contribution < 1.29 is 9.53 Å². The molecule has 1 aliphatic heterocycles. The van der Waals surface area contributed by atoms with E-state index < -0.39 is 0 Å². The second kappa shape index (κ2) is 6.19. The summed E-state index contributed by atoms with van der Waals surface area (Å²) in [5.41, 5.74) is 2.06. The van der Waals surface area contributed by atoms with Crippen LogP contribution in [0.15, 0.2) is 30.3 Å². The zero-order valence-electron chi connectivity index (χ0n) is 12.7. The summed E-state index contributed by atoms with van der Waals surface area (Å²) in [6.07, 6.45) is 0.249. The van der Waals surface area contributed by atoms with Crippen LogP contribution >= 0.6 is 0 Å². The number of rotatable bonds is 5. The lowest BCUT2D eigenvalue weighted by atomic mass is 10.1. The number of aromatic nitrogens is 2. The fourth-order valence-electron chi connectivity index (χ4n) is 2.10. The monoisotopic (exact) mass is 300 g/mol. The Labute approximate surface area is 129 Å². The first-order valence-corrected chi connectivity index (χ1v) is 7.46. The maximum absolute atomic E-state index is 12.1. The number of anilines is 1. The average Bonchev–Trinajstić information content (AvgIpc) is 2.94. The van der Waals surface area contributed by atoms with Crippen LogP contribution in [0.2, 0.25) is 0 Å². The summed E-state index contributed by atoms with van der Waals surface area (Å²) >= 11 is 0. The Kier molecular flexibility index (Phi) is 4.11. The number of nitrogens with one attached hydrogen (secondary N) is 3. The van der Waals surface area contributed by atoms with E-state index in [0.717, 1.165) is 30.2 Å². The lowest BCUT2D eigenvalue weighted by Crippen LogP contribution is -2.50. The SMILES string of the molecule is CC(C)c1cc(C(=O)Nc2ccc(OC3CNC3)cc2)n[nH]1. The number of hydrogen-bond acceptors (Lipinski definition) is 4. The minimum atomic E-state index is -0.222. The number of nitrogens with zero attached hydrogens (tertiary/aromatic N) is 1. The van der Waals surface area contributed by atoms with E-state index in [9.17, 15) is 4.79 Å². The number of hydrogen-bond donors (Lipinski definition) is 3. The number of benzene rings is 1. The molecule has 1 aromatic carbocycles.